The van der Waals surface area contributed by atoms with Gasteiger partial charge in [0.15, 0.2) is 9.84 Å². The number of thiazole rings is 1. The van der Waals surface area contributed by atoms with Crippen LogP contribution < -0.4 is 4.74 Å². The van der Waals surface area contributed by atoms with Gasteiger partial charge in [0, 0.05) is 21.9 Å². The van der Waals surface area contributed by atoms with E-state index in [2.05, 4.69) is 15.9 Å². The summed E-state index contributed by atoms with van der Waals surface area (Å²) in [4.78, 5) is 5.63. The summed E-state index contributed by atoms with van der Waals surface area (Å²) < 4.78 is 45.0. The van der Waals surface area contributed by atoms with Crippen LogP contribution in [0.4, 0.5) is 4.39 Å². The summed E-state index contributed by atoms with van der Waals surface area (Å²) in [5.74, 6) is 0.343. The molecule has 4 nitrogen and oxygen atoms in total. The molecule has 0 radical (unpaired) electrons. The third-order valence-corrected chi connectivity index (χ3v) is 7.24. The smallest absolute Gasteiger partial charge is 0.176 e. The van der Waals surface area contributed by atoms with Crippen molar-refractivity contribution in [3.05, 3.63) is 88.1 Å². The van der Waals surface area contributed by atoms with Crippen molar-refractivity contribution >= 4 is 37.1 Å². The summed E-state index contributed by atoms with van der Waals surface area (Å²) in [7, 11) is -3.45. The Morgan fingerprint density at radius 1 is 1.00 bits per heavy atom. The maximum Gasteiger partial charge on any atom is 0.176 e. The van der Waals surface area contributed by atoms with Crippen LogP contribution in [0, 0.1) is 5.82 Å². The van der Waals surface area contributed by atoms with Crippen LogP contribution in [0.25, 0.3) is 21.7 Å². The van der Waals surface area contributed by atoms with Crippen molar-refractivity contribution in [1.29, 1.82) is 0 Å². The molecule has 1 heterocycles. The Bertz CT molecular complexity index is 1320. The summed E-state index contributed by atoms with van der Waals surface area (Å²) in [6.45, 7) is 0.224. The second-order valence-electron chi connectivity index (χ2n) is 6.80. The summed E-state index contributed by atoms with van der Waals surface area (Å²) in [5, 5.41) is 0.681. The third kappa shape index (κ3) is 5.03. The van der Waals surface area contributed by atoms with Crippen LogP contribution in [-0.2, 0) is 16.4 Å². The standard InChI is InChI=1S/C23H17BrFNO3S2/c1-31(27,28)20-5-3-2-4-19(20)23-22(15-6-10-17(25)11-7-15)26-21(30-23)14-29-18-12-8-16(24)9-13-18/h2-13H,14H2,1H3. The van der Waals surface area contributed by atoms with Crippen LogP contribution >= 0.6 is 27.3 Å². The fourth-order valence-electron chi connectivity index (χ4n) is 3.07. The fraction of sp³-hybridized carbons (Fsp3) is 0.0870. The highest BCUT2D eigenvalue weighted by Gasteiger charge is 2.21. The molecule has 0 amide bonds. The van der Waals surface area contributed by atoms with E-state index in [0.717, 1.165) is 4.47 Å². The van der Waals surface area contributed by atoms with Gasteiger partial charge in [0.1, 0.15) is 23.2 Å². The van der Waals surface area contributed by atoms with E-state index in [1.54, 1.807) is 36.4 Å². The van der Waals surface area contributed by atoms with E-state index >= 15 is 0 Å². The normalized spacial score (nSPS) is 11.5. The van der Waals surface area contributed by atoms with Gasteiger partial charge in [0.2, 0.25) is 0 Å². The Balaban J connectivity index is 1.78. The lowest BCUT2D eigenvalue weighted by Crippen LogP contribution is -1.99. The van der Waals surface area contributed by atoms with E-state index in [4.69, 9.17) is 9.72 Å². The molecular weight excluding hydrogens is 501 g/mol. The predicted molar refractivity (Wildman–Crippen MR) is 125 cm³/mol. The lowest BCUT2D eigenvalue weighted by molar-refractivity contribution is 0.305. The Hall–Kier alpha value is -2.55. The lowest BCUT2D eigenvalue weighted by Gasteiger charge is -2.08. The number of hydrogen-bond acceptors (Lipinski definition) is 5. The monoisotopic (exact) mass is 517 g/mol. The van der Waals surface area contributed by atoms with Crippen LogP contribution in [-0.4, -0.2) is 19.7 Å². The zero-order valence-corrected chi connectivity index (χ0v) is 19.6. The Kier molecular flexibility index (Phi) is 6.22. The van der Waals surface area contributed by atoms with Gasteiger partial charge in [-0.05, 0) is 54.6 Å². The number of hydrogen-bond donors (Lipinski definition) is 0. The number of nitrogens with zero attached hydrogens (tertiary/aromatic N) is 1. The second-order valence-corrected chi connectivity index (χ2v) is 10.8. The van der Waals surface area contributed by atoms with E-state index in [1.165, 1.54) is 29.7 Å². The second kappa shape index (κ2) is 8.90. The van der Waals surface area contributed by atoms with Gasteiger partial charge in [-0.2, -0.15) is 0 Å². The average molecular weight is 518 g/mol. The molecule has 0 atom stereocenters. The molecule has 0 aliphatic heterocycles. The van der Waals surface area contributed by atoms with Crippen LogP contribution in [0.5, 0.6) is 5.75 Å². The highest BCUT2D eigenvalue weighted by Crippen LogP contribution is 2.40. The fourth-order valence-corrected chi connectivity index (χ4v) is 5.33. The molecule has 0 saturated carbocycles. The minimum absolute atomic E-state index is 0.224. The van der Waals surface area contributed by atoms with Crippen molar-refractivity contribution in [2.75, 3.05) is 6.26 Å². The number of ether oxygens (including phenoxy) is 1. The van der Waals surface area contributed by atoms with Crippen LogP contribution in [0.2, 0.25) is 0 Å². The van der Waals surface area contributed by atoms with Crippen molar-refractivity contribution < 1.29 is 17.5 Å². The molecule has 0 N–H and O–H groups in total. The van der Waals surface area contributed by atoms with Gasteiger partial charge >= 0.3 is 0 Å². The Morgan fingerprint density at radius 3 is 2.35 bits per heavy atom. The molecule has 0 saturated heterocycles. The van der Waals surface area contributed by atoms with Gasteiger partial charge in [-0.1, -0.05) is 34.1 Å². The minimum Gasteiger partial charge on any atom is -0.486 e. The van der Waals surface area contributed by atoms with Gasteiger partial charge in [-0.3, -0.25) is 0 Å². The number of sulfone groups is 1. The highest BCUT2D eigenvalue weighted by molar-refractivity contribution is 9.10. The molecular formula is C23H17BrFNO3S2. The van der Waals surface area contributed by atoms with E-state index < -0.39 is 9.84 Å². The van der Waals surface area contributed by atoms with Crippen molar-refractivity contribution in [2.24, 2.45) is 0 Å². The molecule has 8 heteroatoms. The highest BCUT2D eigenvalue weighted by atomic mass is 79.9. The first-order chi connectivity index (χ1) is 14.8. The maximum atomic E-state index is 13.5. The third-order valence-electron chi connectivity index (χ3n) is 4.50. The van der Waals surface area contributed by atoms with Crippen molar-refractivity contribution in [3.63, 3.8) is 0 Å². The molecule has 0 fully saturated rings. The van der Waals surface area contributed by atoms with Crippen molar-refractivity contribution in [1.82, 2.24) is 4.98 Å². The first-order valence-corrected chi connectivity index (χ1v) is 12.7. The molecule has 4 rings (SSSR count). The molecule has 31 heavy (non-hydrogen) atoms. The zero-order chi connectivity index (χ0) is 22.0. The van der Waals surface area contributed by atoms with Crippen molar-refractivity contribution in [2.45, 2.75) is 11.5 Å². The maximum absolute atomic E-state index is 13.5. The predicted octanol–water partition coefficient (Wildman–Crippen LogP) is 6.36. The Labute approximate surface area is 192 Å². The van der Waals surface area contributed by atoms with E-state index in [9.17, 15) is 12.8 Å². The first-order valence-electron chi connectivity index (χ1n) is 9.25. The summed E-state index contributed by atoms with van der Waals surface area (Å²) in [6, 6.07) is 20.3. The van der Waals surface area contributed by atoms with E-state index in [1.807, 2.05) is 24.3 Å². The Morgan fingerprint density at radius 2 is 1.68 bits per heavy atom. The van der Waals surface area contributed by atoms with Crippen molar-refractivity contribution in [3.8, 4) is 27.4 Å². The number of aromatic nitrogens is 1. The van der Waals surface area contributed by atoms with E-state index in [-0.39, 0.29) is 17.3 Å². The number of benzene rings is 3. The molecule has 1 aromatic heterocycles. The molecule has 0 bridgehead atoms. The quantitative estimate of drug-likeness (QED) is 0.298. The number of halogens is 2. The van der Waals surface area contributed by atoms with Gasteiger partial charge in [0.25, 0.3) is 0 Å². The van der Waals surface area contributed by atoms with Gasteiger partial charge in [-0.15, -0.1) is 11.3 Å². The van der Waals surface area contributed by atoms with Crippen LogP contribution in [0.3, 0.4) is 0 Å². The lowest BCUT2D eigenvalue weighted by atomic mass is 10.1. The van der Waals surface area contributed by atoms with Gasteiger partial charge in [-0.25, -0.2) is 17.8 Å². The molecule has 158 valence electrons. The van der Waals surface area contributed by atoms with Crippen LogP contribution in [0.15, 0.2) is 82.2 Å². The molecule has 0 unspecified atom stereocenters. The minimum atomic E-state index is -3.45. The average Bonchev–Trinajstić information content (AvgIpc) is 3.17. The molecule has 0 aliphatic carbocycles. The zero-order valence-electron chi connectivity index (χ0n) is 16.4. The van der Waals surface area contributed by atoms with E-state index in [0.29, 0.717) is 32.5 Å². The largest absolute Gasteiger partial charge is 0.486 e. The van der Waals surface area contributed by atoms with Gasteiger partial charge in [0.05, 0.1) is 15.5 Å². The summed E-state index contributed by atoms with van der Waals surface area (Å²) >= 11 is 4.75. The molecule has 3 aromatic carbocycles. The molecule has 0 aliphatic rings. The first kappa shape index (κ1) is 21.7. The summed E-state index contributed by atoms with van der Waals surface area (Å²) in [6.07, 6.45) is 1.18. The van der Waals surface area contributed by atoms with Crippen LogP contribution in [0.1, 0.15) is 5.01 Å². The topological polar surface area (TPSA) is 56.3 Å². The molecule has 0 spiro atoms. The van der Waals surface area contributed by atoms with Gasteiger partial charge < -0.3 is 4.74 Å². The SMILES string of the molecule is CS(=O)(=O)c1ccccc1-c1sc(COc2ccc(Br)cc2)nc1-c1ccc(F)cc1. The molecule has 4 aromatic rings. The number of rotatable bonds is 6. The summed E-state index contributed by atoms with van der Waals surface area (Å²) in [5.41, 5.74) is 1.86.